The maximum absolute atomic E-state index is 11.2. The Hall–Kier alpha value is -1.88. The SMILES string of the molecule is C/C=C/C(=O)Nc1ccc([N+](=O)[O-])c(Cl)c1. The van der Waals surface area contributed by atoms with Crippen molar-refractivity contribution < 1.29 is 9.72 Å². The highest BCUT2D eigenvalue weighted by atomic mass is 35.5. The van der Waals surface area contributed by atoms with Crippen molar-refractivity contribution in [3.8, 4) is 0 Å². The van der Waals surface area contributed by atoms with Gasteiger partial charge in [-0.3, -0.25) is 14.9 Å². The molecule has 16 heavy (non-hydrogen) atoms. The quantitative estimate of drug-likeness (QED) is 0.502. The van der Waals surface area contributed by atoms with Crippen LogP contribution in [-0.2, 0) is 4.79 Å². The molecule has 0 aliphatic rings. The molecule has 0 aliphatic carbocycles. The van der Waals surface area contributed by atoms with Gasteiger partial charge < -0.3 is 5.32 Å². The van der Waals surface area contributed by atoms with E-state index < -0.39 is 4.92 Å². The van der Waals surface area contributed by atoms with Gasteiger partial charge in [0.15, 0.2) is 0 Å². The lowest BCUT2D eigenvalue weighted by atomic mass is 10.3. The summed E-state index contributed by atoms with van der Waals surface area (Å²) in [5.41, 5.74) is 0.226. The number of rotatable bonds is 3. The van der Waals surface area contributed by atoms with Crippen molar-refractivity contribution in [2.24, 2.45) is 0 Å². The number of nitrogens with one attached hydrogen (secondary N) is 1. The van der Waals surface area contributed by atoms with Gasteiger partial charge in [0.25, 0.3) is 5.69 Å². The van der Waals surface area contributed by atoms with Crippen LogP contribution in [0.4, 0.5) is 11.4 Å². The zero-order valence-corrected chi connectivity index (χ0v) is 9.19. The third kappa shape index (κ3) is 3.06. The first-order chi connectivity index (χ1) is 7.54. The summed E-state index contributed by atoms with van der Waals surface area (Å²) in [6.07, 6.45) is 2.93. The smallest absolute Gasteiger partial charge is 0.288 e. The minimum absolute atomic E-state index is 0.0109. The number of carbonyl (C=O) groups excluding carboxylic acids is 1. The number of nitro benzene ring substituents is 1. The summed E-state index contributed by atoms with van der Waals surface area (Å²) in [6.45, 7) is 1.71. The van der Waals surface area contributed by atoms with Crippen molar-refractivity contribution in [2.75, 3.05) is 5.32 Å². The van der Waals surface area contributed by atoms with Crippen LogP contribution in [0.15, 0.2) is 30.4 Å². The van der Waals surface area contributed by atoms with Gasteiger partial charge in [-0.15, -0.1) is 0 Å². The van der Waals surface area contributed by atoms with Gasteiger partial charge in [0.2, 0.25) is 5.91 Å². The maximum Gasteiger partial charge on any atom is 0.288 e. The van der Waals surface area contributed by atoms with Gasteiger partial charge in [0, 0.05) is 11.8 Å². The topological polar surface area (TPSA) is 72.2 Å². The molecule has 1 aromatic carbocycles. The molecule has 0 atom stereocenters. The fraction of sp³-hybridized carbons (Fsp3) is 0.100. The van der Waals surface area contributed by atoms with E-state index in [1.54, 1.807) is 13.0 Å². The second-order valence-corrected chi connectivity index (χ2v) is 3.32. The molecule has 84 valence electrons. The van der Waals surface area contributed by atoms with Crippen LogP contribution in [-0.4, -0.2) is 10.8 Å². The maximum atomic E-state index is 11.2. The van der Waals surface area contributed by atoms with Crippen molar-refractivity contribution in [2.45, 2.75) is 6.92 Å². The van der Waals surface area contributed by atoms with Gasteiger partial charge in [0.1, 0.15) is 5.02 Å². The van der Waals surface area contributed by atoms with Crippen LogP contribution in [0, 0.1) is 10.1 Å². The molecular formula is C10H9ClN2O3. The van der Waals surface area contributed by atoms with Gasteiger partial charge >= 0.3 is 0 Å². The summed E-state index contributed by atoms with van der Waals surface area (Å²) >= 11 is 5.67. The van der Waals surface area contributed by atoms with E-state index in [-0.39, 0.29) is 16.6 Å². The van der Waals surface area contributed by atoms with Crippen molar-refractivity contribution in [3.63, 3.8) is 0 Å². The Morgan fingerprint density at radius 1 is 1.56 bits per heavy atom. The molecule has 0 radical (unpaired) electrons. The average Bonchev–Trinajstić information content (AvgIpc) is 2.17. The Morgan fingerprint density at radius 3 is 2.75 bits per heavy atom. The number of hydrogen-bond acceptors (Lipinski definition) is 3. The number of nitro groups is 1. The number of amides is 1. The Balaban J connectivity index is 2.89. The number of carbonyl (C=O) groups is 1. The van der Waals surface area contributed by atoms with Crippen LogP contribution in [0.2, 0.25) is 5.02 Å². The Morgan fingerprint density at radius 2 is 2.25 bits per heavy atom. The van der Waals surface area contributed by atoms with Crippen LogP contribution in [0.3, 0.4) is 0 Å². The highest BCUT2D eigenvalue weighted by Crippen LogP contribution is 2.27. The van der Waals surface area contributed by atoms with E-state index in [1.807, 2.05) is 0 Å². The van der Waals surface area contributed by atoms with Crippen LogP contribution >= 0.6 is 11.6 Å². The predicted molar refractivity (Wildman–Crippen MR) is 61.6 cm³/mol. The van der Waals surface area contributed by atoms with Gasteiger partial charge in [-0.1, -0.05) is 17.7 Å². The molecular weight excluding hydrogens is 232 g/mol. The Bertz CT molecular complexity index is 457. The van der Waals surface area contributed by atoms with E-state index in [4.69, 9.17) is 11.6 Å². The molecule has 0 saturated heterocycles. The molecule has 0 aliphatic heterocycles. The highest BCUT2D eigenvalue weighted by molar-refractivity contribution is 6.33. The second-order valence-electron chi connectivity index (χ2n) is 2.91. The zero-order chi connectivity index (χ0) is 12.1. The van der Waals surface area contributed by atoms with E-state index in [1.165, 1.54) is 24.3 Å². The fourth-order valence-electron chi connectivity index (χ4n) is 1.07. The van der Waals surface area contributed by atoms with Gasteiger partial charge in [-0.2, -0.15) is 0 Å². The standard InChI is InChI=1S/C10H9ClN2O3/c1-2-3-10(14)12-7-4-5-9(13(15)16)8(11)6-7/h2-6H,1H3,(H,12,14)/b3-2+. The minimum atomic E-state index is -0.583. The zero-order valence-electron chi connectivity index (χ0n) is 8.44. The highest BCUT2D eigenvalue weighted by Gasteiger charge is 2.12. The molecule has 0 spiro atoms. The van der Waals surface area contributed by atoms with E-state index in [9.17, 15) is 14.9 Å². The van der Waals surface area contributed by atoms with E-state index in [0.29, 0.717) is 5.69 Å². The van der Waals surface area contributed by atoms with E-state index >= 15 is 0 Å². The van der Waals surface area contributed by atoms with Crippen LogP contribution in [0.1, 0.15) is 6.92 Å². The number of benzene rings is 1. The van der Waals surface area contributed by atoms with Crippen molar-refractivity contribution in [1.29, 1.82) is 0 Å². The van der Waals surface area contributed by atoms with Gasteiger partial charge in [0.05, 0.1) is 4.92 Å². The van der Waals surface area contributed by atoms with E-state index in [0.717, 1.165) is 0 Å². The lowest BCUT2D eigenvalue weighted by Crippen LogP contribution is -2.07. The van der Waals surface area contributed by atoms with Crippen LogP contribution in [0.25, 0.3) is 0 Å². The first kappa shape index (κ1) is 12.2. The molecule has 0 aromatic heterocycles. The predicted octanol–water partition coefficient (Wildman–Crippen LogP) is 2.76. The van der Waals surface area contributed by atoms with Gasteiger partial charge in [-0.25, -0.2) is 0 Å². The average molecular weight is 241 g/mol. The molecule has 0 fully saturated rings. The molecule has 0 saturated carbocycles. The monoisotopic (exact) mass is 240 g/mol. The molecule has 1 N–H and O–H groups in total. The molecule has 5 nitrogen and oxygen atoms in total. The summed E-state index contributed by atoms with van der Waals surface area (Å²) in [5.74, 6) is -0.313. The molecule has 1 amide bonds. The molecule has 1 aromatic rings. The summed E-state index contributed by atoms with van der Waals surface area (Å²) in [5, 5.41) is 13.0. The largest absolute Gasteiger partial charge is 0.322 e. The lowest BCUT2D eigenvalue weighted by Gasteiger charge is -2.02. The summed E-state index contributed by atoms with van der Waals surface area (Å²) in [6, 6.07) is 4.00. The fourth-order valence-corrected chi connectivity index (χ4v) is 1.32. The number of anilines is 1. The molecule has 6 heteroatoms. The third-order valence-electron chi connectivity index (χ3n) is 1.73. The molecule has 0 heterocycles. The van der Waals surface area contributed by atoms with Crippen LogP contribution < -0.4 is 5.32 Å². The first-order valence-corrected chi connectivity index (χ1v) is 4.80. The molecule has 0 unspecified atom stereocenters. The molecule has 0 bridgehead atoms. The number of hydrogen-bond donors (Lipinski definition) is 1. The number of halogens is 1. The summed E-state index contributed by atoms with van der Waals surface area (Å²) in [7, 11) is 0. The summed E-state index contributed by atoms with van der Waals surface area (Å²) < 4.78 is 0. The molecule has 1 rings (SSSR count). The van der Waals surface area contributed by atoms with Crippen LogP contribution in [0.5, 0.6) is 0 Å². The van der Waals surface area contributed by atoms with Crippen molar-refractivity contribution in [1.82, 2.24) is 0 Å². The lowest BCUT2D eigenvalue weighted by molar-refractivity contribution is -0.384. The minimum Gasteiger partial charge on any atom is -0.322 e. The van der Waals surface area contributed by atoms with E-state index in [2.05, 4.69) is 5.32 Å². The first-order valence-electron chi connectivity index (χ1n) is 4.42. The van der Waals surface area contributed by atoms with Crippen molar-refractivity contribution in [3.05, 3.63) is 45.5 Å². The number of allylic oxidation sites excluding steroid dienone is 1. The Kier molecular flexibility index (Phi) is 4.02. The van der Waals surface area contributed by atoms with Gasteiger partial charge in [-0.05, 0) is 25.1 Å². The van der Waals surface area contributed by atoms with Crippen molar-refractivity contribution >= 4 is 28.9 Å². The third-order valence-corrected chi connectivity index (χ3v) is 2.03. The summed E-state index contributed by atoms with van der Waals surface area (Å²) in [4.78, 5) is 21.1. The Labute approximate surface area is 96.9 Å². The number of nitrogens with zero attached hydrogens (tertiary/aromatic N) is 1. The second kappa shape index (κ2) is 5.27. The normalized spacial score (nSPS) is 10.4.